The van der Waals surface area contributed by atoms with Gasteiger partial charge in [0.25, 0.3) is 0 Å². The van der Waals surface area contributed by atoms with Gasteiger partial charge in [-0.05, 0) is 32.3 Å². The SMILES string of the molecule is CC1(C)S[C@@H]2C(NC(=O)[C@H](N)C3=CCC=CC3)C(=O)N2[C@H]1C(=O)O. The number of hydrogen-bond donors (Lipinski definition) is 3. The molecule has 2 saturated heterocycles. The van der Waals surface area contributed by atoms with E-state index in [0.29, 0.717) is 6.42 Å². The number of nitrogens with two attached hydrogens (primary N) is 1. The molecule has 7 nitrogen and oxygen atoms in total. The zero-order valence-electron chi connectivity index (χ0n) is 13.6. The third kappa shape index (κ3) is 2.63. The number of allylic oxidation sites excluding steroid dienone is 3. The third-order valence-corrected chi connectivity index (χ3v) is 6.26. The molecule has 0 bridgehead atoms. The van der Waals surface area contributed by atoms with E-state index >= 15 is 0 Å². The minimum Gasteiger partial charge on any atom is -0.480 e. The summed E-state index contributed by atoms with van der Waals surface area (Å²) < 4.78 is -0.607. The fraction of sp³-hybridized carbons (Fsp3) is 0.562. The number of aliphatic carboxylic acids is 1. The summed E-state index contributed by atoms with van der Waals surface area (Å²) in [7, 11) is 0. The minimum atomic E-state index is -1.02. The number of carbonyl (C=O) groups is 3. The lowest BCUT2D eigenvalue weighted by atomic mass is 9.95. The Morgan fingerprint density at radius 2 is 2.17 bits per heavy atom. The summed E-state index contributed by atoms with van der Waals surface area (Å²) >= 11 is 1.40. The number of carboxylic acids is 1. The van der Waals surface area contributed by atoms with Gasteiger partial charge in [-0.1, -0.05) is 18.2 Å². The highest BCUT2D eigenvalue weighted by Crippen LogP contribution is 2.50. The van der Waals surface area contributed by atoms with Crippen LogP contribution in [-0.4, -0.2) is 56.0 Å². The average molecular weight is 351 g/mol. The van der Waals surface area contributed by atoms with Crippen molar-refractivity contribution < 1.29 is 19.5 Å². The molecule has 0 aromatic rings. The minimum absolute atomic E-state index is 0.356. The molecule has 4 N–H and O–H groups in total. The molecule has 0 spiro atoms. The Morgan fingerprint density at radius 3 is 2.75 bits per heavy atom. The van der Waals surface area contributed by atoms with Crippen LogP contribution in [0.4, 0.5) is 0 Å². The quantitative estimate of drug-likeness (QED) is 0.493. The first-order chi connectivity index (χ1) is 11.2. The largest absolute Gasteiger partial charge is 0.480 e. The van der Waals surface area contributed by atoms with Crippen LogP contribution < -0.4 is 11.1 Å². The van der Waals surface area contributed by atoms with Gasteiger partial charge in [0.2, 0.25) is 11.8 Å². The smallest absolute Gasteiger partial charge is 0.327 e. The molecule has 2 heterocycles. The Bertz CT molecular complexity index is 658. The van der Waals surface area contributed by atoms with Crippen molar-refractivity contribution in [3.8, 4) is 0 Å². The van der Waals surface area contributed by atoms with Gasteiger partial charge in [-0.25, -0.2) is 4.79 Å². The predicted molar refractivity (Wildman–Crippen MR) is 90.1 cm³/mol. The van der Waals surface area contributed by atoms with Crippen LogP contribution in [0.25, 0.3) is 0 Å². The van der Waals surface area contributed by atoms with E-state index in [-0.39, 0.29) is 11.3 Å². The second kappa shape index (κ2) is 5.93. The van der Waals surface area contributed by atoms with Gasteiger partial charge in [-0.3, -0.25) is 9.59 Å². The Balaban J connectivity index is 1.68. The zero-order valence-corrected chi connectivity index (χ0v) is 14.4. The van der Waals surface area contributed by atoms with Gasteiger partial charge in [-0.15, -0.1) is 11.8 Å². The lowest BCUT2D eigenvalue weighted by molar-refractivity contribution is -0.161. The Kier molecular flexibility index (Phi) is 4.21. The van der Waals surface area contributed by atoms with Crippen LogP contribution >= 0.6 is 11.8 Å². The number of thioether (sulfide) groups is 1. The van der Waals surface area contributed by atoms with Gasteiger partial charge in [0.1, 0.15) is 23.5 Å². The van der Waals surface area contributed by atoms with Crippen LogP contribution in [0.15, 0.2) is 23.8 Å². The summed E-state index contributed by atoms with van der Waals surface area (Å²) in [6.07, 6.45) is 7.27. The third-order valence-electron chi connectivity index (χ3n) is 4.69. The molecule has 0 aromatic heterocycles. The average Bonchev–Trinajstić information content (AvgIpc) is 2.80. The molecule has 0 saturated carbocycles. The van der Waals surface area contributed by atoms with Crippen molar-refractivity contribution in [2.45, 2.75) is 54.9 Å². The van der Waals surface area contributed by atoms with E-state index in [1.807, 2.05) is 18.2 Å². The molecule has 0 aromatic carbocycles. The molecule has 130 valence electrons. The van der Waals surface area contributed by atoms with Crippen molar-refractivity contribution in [1.82, 2.24) is 10.2 Å². The first kappa shape index (κ1) is 17.0. The van der Waals surface area contributed by atoms with E-state index in [9.17, 15) is 19.5 Å². The van der Waals surface area contributed by atoms with Crippen LogP contribution in [0.5, 0.6) is 0 Å². The molecular formula is C16H21N3O4S. The van der Waals surface area contributed by atoms with E-state index in [1.54, 1.807) is 13.8 Å². The Labute approximate surface area is 144 Å². The first-order valence-electron chi connectivity index (χ1n) is 7.86. The topological polar surface area (TPSA) is 113 Å². The van der Waals surface area contributed by atoms with E-state index in [0.717, 1.165) is 12.0 Å². The standard InChI is InChI=1S/C16H21N3O4S/c1-16(2)11(15(22)23)19-13(21)10(14(19)24-16)18-12(20)9(17)8-6-4-3-5-7-8/h3-4,7,9-11,14H,5-6,17H2,1-2H3,(H,18,20)(H,22,23)/t9-,10?,11+,14-/m1/s1. The number of hydrogen-bond acceptors (Lipinski definition) is 5. The first-order valence-corrected chi connectivity index (χ1v) is 8.74. The molecule has 24 heavy (non-hydrogen) atoms. The van der Waals surface area contributed by atoms with Crippen molar-refractivity contribution in [2.75, 3.05) is 0 Å². The molecule has 3 aliphatic rings. The molecule has 1 unspecified atom stereocenters. The molecule has 2 amide bonds. The fourth-order valence-electron chi connectivity index (χ4n) is 3.43. The maximum Gasteiger partial charge on any atom is 0.327 e. The molecule has 0 radical (unpaired) electrons. The van der Waals surface area contributed by atoms with E-state index < -0.39 is 34.7 Å². The van der Waals surface area contributed by atoms with Crippen LogP contribution in [0, 0.1) is 0 Å². The number of fused-ring (bicyclic) bond motifs is 1. The van der Waals surface area contributed by atoms with Gasteiger partial charge in [-0.2, -0.15) is 0 Å². The highest BCUT2D eigenvalue weighted by molar-refractivity contribution is 8.01. The maximum atomic E-state index is 12.4. The van der Waals surface area contributed by atoms with E-state index in [1.165, 1.54) is 16.7 Å². The lowest BCUT2D eigenvalue weighted by Crippen LogP contribution is -2.71. The van der Waals surface area contributed by atoms with Crippen LogP contribution in [0.2, 0.25) is 0 Å². The van der Waals surface area contributed by atoms with Crippen LogP contribution in [-0.2, 0) is 14.4 Å². The maximum absolute atomic E-state index is 12.4. The van der Waals surface area contributed by atoms with Gasteiger partial charge in [0, 0.05) is 4.75 Å². The van der Waals surface area contributed by atoms with Crippen LogP contribution in [0.3, 0.4) is 0 Å². The summed E-state index contributed by atoms with van der Waals surface area (Å²) in [4.78, 5) is 37.5. The van der Waals surface area contributed by atoms with Gasteiger partial charge in [0.05, 0.1) is 0 Å². The predicted octanol–water partition coefficient (Wildman–Crippen LogP) is 0.222. The Hall–Kier alpha value is -1.80. The van der Waals surface area contributed by atoms with Crippen molar-refractivity contribution in [3.63, 3.8) is 0 Å². The van der Waals surface area contributed by atoms with Gasteiger partial charge in [0.15, 0.2) is 0 Å². The van der Waals surface area contributed by atoms with Gasteiger partial charge < -0.3 is 21.1 Å². The highest BCUT2D eigenvalue weighted by Gasteiger charge is 2.64. The van der Waals surface area contributed by atoms with E-state index in [2.05, 4.69) is 5.32 Å². The van der Waals surface area contributed by atoms with Crippen molar-refractivity contribution >= 4 is 29.5 Å². The number of nitrogens with one attached hydrogen (secondary N) is 1. The molecule has 4 atom stereocenters. The molecular weight excluding hydrogens is 330 g/mol. The molecule has 2 aliphatic heterocycles. The second-order valence-corrected chi connectivity index (χ2v) is 8.52. The monoisotopic (exact) mass is 351 g/mol. The van der Waals surface area contributed by atoms with Crippen molar-refractivity contribution in [2.24, 2.45) is 5.73 Å². The summed E-state index contributed by atoms with van der Waals surface area (Å²) in [5.74, 6) is -1.78. The molecule has 8 heteroatoms. The van der Waals surface area contributed by atoms with Crippen molar-refractivity contribution in [1.29, 1.82) is 0 Å². The Morgan fingerprint density at radius 1 is 1.46 bits per heavy atom. The number of rotatable bonds is 4. The normalized spacial score (nSPS) is 31.8. The number of β-lactam (4-membered cyclic amide) rings is 1. The lowest BCUT2D eigenvalue weighted by Gasteiger charge is -2.43. The van der Waals surface area contributed by atoms with E-state index in [4.69, 9.17) is 5.73 Å². The second-order valence-electron chi connectivity index (χ2n) is 6.75. The summed E-state index contributed by atoms with van der Waals surface area (Å²) in [6, 6.07) is -2.38. The number of nitrogens with zero attached hydrogens (tertiary/aromatic N) is 1. The number of carbonyl (C=O) groups excluding carboxylic acids is 2. The number of carboxylic acid groups (broad SMARTS) is 1. The number of amides is 2. The van der Waals surface area contributed by atoms with Gasteiger partial charge >= 0.3 is 5.97 Å². The van der Waals surface area contributed by atoms with Crippen molar-refractivity contribution in [3.05, 3.63) is 23.8 Å². The highest BCUT2D eigenvalue weighted by atomic mass is 32.2. The summed E-state index contributed by atoms with van der Waals surface area (Å²) in [5.41, 5.74) is 6.83. The summed E-state index contributed by atoms with van der Waals surface area (Å²) in [6.45, 7) is 3.59. The molecule has 3 rings (SSSR count). The molecule has 2 fully saturated rings. The van der Waals surface area contributed by atoms with Crippen LogP contribution in [0.1, 0.15) is 26.7 Å². The molecule has 1 aliphatic carbocycles. The zero-order chi connectivity index (χ0) is 17.6. The summed E-state index contributed by atoms with van der Waals surface area (Å²) in [5, 5.41) is 11.7. The fourth-order valence-corrected chi connectivity index (χ4v) is 5.05.